The number of aliphatic imine (C=N–C) groups is 1. The molecule has 4 aromatic heterocycles. The van der Waals surface area contributed by atoms with Crippen molar-refractivity contribution in [1.29, 1.82) is 0 Å². The van der Waals surface area contributed by atoms with Gasteiger partial charge in [-0.2, -0.15) is 0 Å². The fourth-order valence-corrected chi connectivity index (χ4v) is 8.26. The Morgan fingerprint density at radius 1 is 0.659 bits per heavy atom. The van der Waals surface area contributed by atoms with Gasteiger partial charge in [0.25, 0.3) is 0 Å². The molecule has 2 N–H and O–H groups in total. The van der Waals surface area contributed by atoms with Gasteiger partial charge in [-0.25, -0.2) is 4.99 Å². The summed E-state index contributed by atoms with van der Waals surface area (Å²) in [5, 5.41) is 8.72. The molecule has 0 saturated carbocycles. The molecule has 9 heteroatoms. The van der Waals surface area contributed by atoms with Gasteiger partial charge < -0.3 is 9.80 Å². The highest BCUT2D eigenvalue weighted by Gasteiger charge is 2.53. The van der Waals surface area contributed by atoms with E-state index in [-0.39, 0.29) is 12.3 Å². The van der Waals surface area contributed by atoms with Gasteiger partial charge in [-0.15, -0.1) is 0 Å². The highest BCUT2D eigenvalue weighted by Crippen LogP contribution is 2.42. The molecule has 0 amide bonds. The van der Waals surface area contributed by atoms with E-state index in [1.54, 1.807) is 0 Å². The molecule has 10 rings (SSSR count). The zero-order valence-corrected chi connectivity index (χ0v) is 24.3. The Hall–Kier alpha value is -4.73. The van der Waals surface area contributed by atoms with Crippen LogP contribution < -0.4 is 15.5 Å². The maximum atomic E-state index is 5.37. The van der Waals surface area contributed by atoms with Crippen molar-refractivity contribution in [3.05, 3.63) is 91.3 Å². The number of rotatable bonds is 3. The highest BCUT2D eigenvalue weighted by molar-refractivity contribution is 6.19. The number of fused-ring (bicyclic) bond motifs is 10. The second-order valence-corrected chi connectivity index (χ2v) is 12.4. The number of benzene rings is 2. The van der Waals surface area contributed by atoms with Crippen molar-refractivity contribution in [2.24, 2.45) is 4.99 Å². The first-order valence-electron chi connectivity index (χ1n) is 15.9. The number of hydrogen-bond donors (Lipinski definition) is 2. The molecule has 2 aromatic carbocycles. The largest absolute Gasteiger partial charge is 0.307 e. The molecule has 8 heterocycles. The minimum Gasteiger partial charge on any atom is -0.307 e. The lowest BCUT2D eigenvalue weighted by Gasteiger charge is -2.38. The summed E-state index contributed by atoms with van der Waals surface area (Å²) >= 11 is 0. The smallest absolute Gasteiger partial charge is 0.204 e. The first-order valence-corrected chi connectivity index (χ1v) is 15.9. The highest BCUT2D eigenvalue weighted by atomic mass is 15.6. The van der Waals surface area contributed by atoms with E-state index in [2.05, 4.69) is 96.3 Å². The first-order chi connectivity index (χ1) is 21.9. The van der Waals surface area contributed by atoms with Crippen molar-refractivity contribution >= 4 is 44.7 Å². The number of hydrogen-bond acceptors (Lipinski definition) is 7. The van der Waals surface area contributed by atoms with Crippen molar-refractivity contribution in [3.8, 4) is 11.4 Å². The summed E-state index contributed by atoms with van der Waals surface area (Å²) in [6.45, 7) is 2.11. The average molecular weight is 580 g/mol. The number of anilines is 1. The van der Waals surface area contributed by atoms with E-state index in [9.17, 15) is 0 Å². The summed E-state index contributed by atoms with van der Waals surface area (Å²) in [6.07, 6.45) is 8.94. The molecule has 3 saturated heterocycles. The maximum Gasteiger partial charge on any atom is 0.204 e. The normalized spacial score (nSPS) is 24.6. The summed E-state index contributed by atoms with van der Waals surface area (Å²) in [5.74, 6) is 1.11. The Morgan fingerprint density at radius 3 is 2.14 bits per heavy atom. The Bertz CT molecular complexity index is 2090. The minimum absolute atomic E-state index is 0.266. The molecule has 4 aliphatic rings. The second-order valence-electron chi connectivity index (χ2n) is 12.4. The van der Waals surface area contributed by atoms with E-state index in [1.807, 2.05) is 24.5 Å². The van der Waals surface area contributed by atoms with Crippen LogP contribution in [-0.4, -0.2) is 67.5 Å². The van der Waals surface area contributed by atoms with Crippen LogP contribution in [0.5, 0.6) is 0 Å². The van der Waals surface area contributed by atoms with E-state index in [0.29, 0.717) is 12.1 Å². The third kappa shape index (κ3) is 3.33. The van der Waals surface area contributed by atoms with Gasteiger partial charge in [-0.05, 0) is 93.4 Å². The minimum atomic E-state index is 0.266. The van der Waals surface area contributed by atoms with Crippen molar-refractivity contribution in [2.45, 2.75) is 50.1 Å². The molecule has 9 nitrogen and oxygen atoms in total. The average Bonchev–Trinajstić information content (AvgIpc) is 3.80. The van der Waals surface area contributed by atoms with Gasteiger partial charge in [0, 0.05) is 29.5 Å². The third-order valence-corrected chi connectivity index (χ3v) is 10.0. The molecule has 3 fully saturated rings. The van der Waals surface area contributed by atoms with Crippen LogP contribution in [0.1, 0.15) is 25.7 Å². The Kier molecular flexibility index (Phi) is 5.26. The summed E-state index contributed by atoms with van der Waals surface area (Å²) < 4.78 is 4.71. The number of nitrogens with zero attached hydrogens (tertiary/aromatic N) is 7. The molecule has 0 spiro atoms. The molecule has 0 aliphatic carbocycles. The number of pyridine rings is 2. The molecule has 6 aromatic rings. The molecule has 218 valence electrons. The number of para-hydroxylation sites is 1. The van der Waals surface area contributed by atoms with Crippen LogP contribution in [0.4, 0.5) is 5.69 Å². The monoisotopic (exact) mass is 579 g/mol. The molecule has 0 bridgehead atoms. The molecular formula is C35H33N9. The van der Waals surface area contributed by atoms with E-state index in [1.165, 1.54) is 18.5 Å². The molecule has 0 radical (unpaired) electrons. The quantitative estimate of drug-likeness (QED) is 0.302. The molecule has 44 heavy (non-hydrogen) atoms. The predicted molar refractivity (Wildman–Crippen MR) is 175 cm³/mol. The number of piperidine rings is 2. The lowest BCUT2D eigenvalue weighted by molar-refractivity contribution is 0.141. The zero-order chi connectivity index (χ0) is 28.8. The van der Waals surface area contributed by atoms with Crippen LogP contribution in [0, 0.1) is 0 Å². The van der Waals surface area contributed by atoms with Gasteiger partial charge in [0.1, 0.15) is 29.0 Å². The Balaban J connectivity index is 1.21. The second kappa shape index (κ2) is 9.38. The topological polar surface area (TPSA) is 78.5 Å². The van der Waals surface area contributed by atoms with Crippen LogP contribution >= 0.6 is 0 Å². The van der Waals surface area contributed by atoms with Crippen LogP contribution in [-0.2, 0) is 0 Å². The molecule has 4 atom stereocenters. The number of nitrogens with one attached hydrogen (secondary N) is 2. The summed E-state index contributed by atoms with van der Waals surface area (Å²) in [7, 11) is 0. The number of guanidine groups is 1. The van der Waals surface area contributed by atoms with Gasteiger partial charge in [-0.3, -0.25) is 29.7 Å². The molecule has 4 unspecified atom stereocenters. The lowest BCUT2D eigenvalue weighted by Crippen LogP contribution is -2.60. The van der Waals surface area contributed by atoms with Gasteiger partial charge >= 0.3 is 0 Å². The van der Waals surface area contributed by atoms with Gasteiger partial charge in [0.05, 0.1) is 28.5 Å². The van der Waals surface area contributed by atoms with E-state index >= 15 is 0 Å². The SMILES string of the molecule is c1ccc(-n2c3cccnc3c3c4ncccc4n(-c4cccc(N5C6=NC7CCCNC7N6C6NCCCC65)c4)c32)cc1. The predicted octanol–water partition coefficient (Wildman–Crippen LogP) is 5.17. The van der Waals surface area contributed by atoms with Gasteiger partial charge in [-0.1, -0.05) is 24.3 Å². The first kappa shape index (κ1) is 24.7. The molecular weight excluding hydrogens is 546 g/mol. The number of aromatic nitrogens is 4. The van der Waals surface area contributed by atoms with E-state index in [4.69, 9.17) is 15.0 Å². The summed E-state index contributed by atoms with van der Waals surface area (Å²) in [4.78, 5) is 20.3. The van der Waals surface area contributed by atoms with Crippen LogP contribution in [0.3, 0.4) is 0 Å². The summed E-state index contributed by atoms with van der Waals surface area (Å²) in [6, 6.07) is 28.6. The maximum absolute atomic E-state index is 5.37. The van der Waals surface area contributed by atoms with E-state index < -0.39 is 0 Å². The fraction of sp³-hybridized carbons (Fsp3) is 0.286. The molecule has 4 aliphatic heterocycles. The summed E-state index contributed by atoms with van der Waals surface area (Å²) in [5.41, 5.74) is 8.52. The van der Waals surface area contributed by atoms with Crippen molar-refractivity contribution in [2.75, 3.05) is 18.0 Å². The Morgan fingerprint density at radius 2 is 1.34 bits per heavy atom. The lowest BCUT2D eigenvalue weighted by atomic mass is 10.0. The standard InChI is InChI=1S/C35H33N9/c1-2-9-22(10-3-1)41-26-14-6-17-36-30(26)29-31-27(15-7-18-37-31)42(34(29)41)23-11-4-12-24(21-23)43-28-16-8-20-39-33(28)44-32-25(40-35(43)44)13-5-19-38-32/h1-4,6-7,9-12,14-15,17-18,21,25,28,32-33,38-39H,5,8,13,16,19-20H2. The Labute approximate surface area is 254 Å². The van der Waals surface area contributed by atoms with Crippen LogP contribution in [0.15, 0.2) is 96.2 Å². The van der Waals surface area contributed by atoms with Crippen LogP contribution in [0.2, 0.25) is 0 Å². The van der Waals surface area contributed by atoms with E-state index in [0.717, 1.165) is 76.4 Å². The van der Waals surface area contributed by atoms with Gasteiger partial charge in [0.2, 0.25) is 5.96 Å². The van der Waals surface area contributed by atoms with Crippen LogP contribution in [0.25, 0.3) is 44.5 Å². The zero-order valence-electron chi connectivity index (χ0n) is 24.3. The van der Waals surface area contributed by atoms with Crippen molar-refractivity contribution in [1.82, 2.24) is 34.6 Å². The third-order valence-electron chi connectivity index (χ3n) is 10.0. The van der Waals surface area contributed by atoms with Gasteiger partial charge in [0.15, 0.2) is 0 Å². The fourth-order valence-electron chi connectivity index (χ4n) is 8.26. The van der Waals surface area contributed by atoms with Crippen molar-refractivity contribution in [3.63, 3.8) is 0 Å². The van der Waals surface area contributed by atoms with Crippen molar-refractivity contribution < 1.29 is 0 Å².